The van der Waals surface area contributed by atoms with Crippen molar-refractivity contribution in [3.63, 3.8) is 0 Å². The van der Waals surface area contributed by atoms with Gasteiger partial charge in [0.2, 0.25) is 0 Å². The minimum atomic E-state index is -3.46. The summed E-state index contributed by atoms with van der Waals surface area (Å²) in [7, 11) is -3.46. The number of nitrogens with zero attached hydrogens (tertiary/aromatic N) is 1. The largest absolute Gasteiger partial charge is 0.326 e. The molecule has 19 heavy (non-hydrogen) atoms. The van der Waals surface area contributed by atoms with Gasteiger partial charge in [-0.3, -0.25) is 4.72 Å². The first-order chi connectivity index (χ1) is 9.13. The lowest BCUT2D eigenvalue weighted by Crippen LogP contribution is -2.36. The molecule has 0 unspecified atom stereocenters. The molecule has 3 N–H and O–H groups in total. The average Bonchev–Trinajstić information content (AvgIpc) is 2.68. The van der Waals surface area contributed by atoms with Crippen LogP contribution in [-0.2, 0) is 16.8 Å². The van der Waals surface area contributed by atoms with Gasteiger partial charge in [-0.1, -0.05) is 31.0 Å². The van der Waals surface area contributed by atoms with Gasteiger partial charge in [-0.25, -0.2) is 0 Å². The minimum Gasteiger partial charge on any atom is -0.326 e. The lowest BCUT2D eigenvalue weighted by atomic mass is 10.2. The molecule has 0 spiro atoms. The molecule has 0 bridgehead atoms. The van der Waals surface area contributed by atoms with Gasteiger partial charge in [0.25, 0.3) is 0 Å². The molecule has 1 aromatic carbocycles. The molecule has 106 valence electrons. The molecule has 0 amide bonds. The summed E-state index contributed by atoms with van der Waals surface area (Å²) in [5.74, 6) is 0. The van der Waals surface area contributed by atoms with E-state index in [1.807, 2.05) is 12.1 Å². The standard InChI is InChI=1S/C13H21N3O2S/c14-11-12-7-3-4-8-13(12)15-19(17,18)16-9-5-1-2-6-10-16/h3-4,7-8,15H,1-2,5-6,9-11,14H2. The normalized spacial score (nSPS) is 17.9. The van der Waals surface area contributed by atoms with Gasteiger partial charge in [-0.15, -0.1) is 0 Å². The molecular weight excluding hydrogens is 262 g/mol. The molecule has 1 fully saturated rings. The predicted molar refractivity (Wildman–Crippen MR) is 76.9 cm³/mol. The maximum Gasteiger partial charge on any atom is 0.301 e. The van der Waals surface area contributed by atoms with E-state index >= 15 is 0 Å². The molecule has 0 radical (unpaired) electrons. The van der Waals surface area contributed by atoms with Crippen LogP contribution in [0.4, 0.5) is 5.69 Å². The van der Waals surface area contributed by atoms with Crippen LogP contribution in [0.25, 0.3) is 0 Å². The molecule has 0 aromatic heterocycles. The summed E-state index contributed by atoms with van der Waals surface area (Å²) in [6.07, 6.45) is 4.07. The maximum atomic E-state index is 12.3. The first-order valence-electron chi connectivity index (χ1n) is 6.69. The number of hydrogen-bond acceptors (Lipinski definition) is 3. The van der Waals surface area contributed by atoms with Crippen molar-refractivity contribution in [2.24, 2.45) is 5.73 Å². The highest BCUT2D eigenvalue weighted by molar-refractivity contribution is 7.90. The molecule has 0 saturated carbocycles. The second-order valence-corrected chi connectivity index (χ2v) is 6.45. The summed E-state index contributed by atoms with van der Waals surface area (Å²) in [4.78, 5) is 0. The molecule has 1 aliphatic heterocycles. The van der Waals surface area contributed by atoms with Crippen molar-refractivity contribution in [1.29, 1.82) is 0 Å². The number of benzene rings is 1. The van der Waals surface area contributed by atoms with Crippen molar-refractivity contribution < 1.29 is 8.42 Å². The Kier molecular flexibility index (Phi) is 4.79. The van der Waals surface area contributed by atoms with Crippen LogP contribution in [0.5, 0.6) is 0 Å². The lowest BCUT2D eigenvalue weighted by Gasteiger charge is -2.21. The van der Waals surface area contributed by atoms with Crippen LogP contribution >= 0.6 is 0 Å². The predicted octanol–water partition coefficient (Wildman–Crippen LogP) is 1.68. The summed E-state index contributed by atoms with van der Waals surface area (Å²) < 4.78 is 28.9. The zero-order chi connectivity index (χ0) is 13.7. The SMILES string of the molecule is NCc1ccccc1NS(=O)(=O)N1CCCCCC1. The lowest BCUT2D eigenvalue weighted by molar-refractivity contribution is 0.427. The smallest absolute Gasteiger partial charge is 0.301 e. The fraction of sp³-hybridized carbons (Fsp3) is 0.538. The third-order valence-corrected chi connectivity index (χ3v) is 4.90. The molecule has 0 atom stereocenters. The number of nitrogens with two attached hydrogens (primary N) is 1. The molecule has 1 saturated heterocycles. The van der Waals surface area contributed by atoms with Crippen molar-refractivity contribution in [1.82, 2.24) is 4.31 Å². The second-order valence-electron chi connectivity index (χ2n) is 4.78. The topological polar surface area (TPSA) is 75.4 Å². The number of para-hydroxylation sites is 1. The summed E-state index contributed by atoms with van der Waals surface area (Å²) in [5, 5.41) is 0. The van der Waals surface area contributed by atoms with E-state index in [1.54, 1.807) is 12.1 Å². The molecule has 5 nitrogen and oxygen atoms in total. The first kappa shape index (κ1) is 14.3. The third kappa shape index (κ3) is 3.68. The summed E-state index contributed by atoms with van der Waals surface area (Å²) in [6.45, 7) is 1.51. The van der Waals surface area contributed by atoms with Crippen LogP contribution in [0.15, 0.2) is 24.3 Å². The molecule has 0 aliphatic carbocycles. The van der Waals surface area contributed by atoms with E-state index < -0.39 is 10.2 Å². The van der Waals surface area contributed by atoms with E-state index in [1.165, 1.54) is 4.31 Å². The van der Waals surface area contributed by atoms with Gasteiger partial charge in [-0.05, 0) is 24.5 Å². The number of anilines is 1. The number of rotatable bonds is 4. The van der Waals surface area contributed by atoms with Gasteiger partial charge >= 0.3 is 10.2 Å². The van der Waals surface area contributed by atoms with E-state index in [0.29, 0.717) is 25.3 Å². The summed E-state index contributed by atoms with van der Waals surface area (Å²) >= 11 is 0. The Balaban J connectivity index is 2.15. The van der Waals surface area contributed by atoms with E-state index in [-0.39, 0.29) is 0 Å². The van der Waals surface area contributed by atoms with Crippen LogP contribution in [0, 0.1) is 0 Å². The van der Waals surface area contributed by atoms with Crippen LogP contribution in [0.3, 0.4) is 0 Å². The molecule has 1 heterocycles. The number of hydrogen-bond donors (Lipinski definition) is 2. The van der Waals surface area contributed by atoms with Crippen LogP contribution in [0.1, 0.15) is 31.2 Å². The average molecular weight is 283 g/mol. The zero-order valence-corrected chi connectivity index (χ0v) is 11.8. The molecule has 6 heteroatoms. The van der Waals surface area contributed by atoms with E-state index in [0.717, 1.165) is 31.2 Å². The Hall–Kier alpha value is -1.11. The quantitative estimate of drug-likeness (QED) is 0.882. The monoisotopic (exact) mass is 283 g/mol. The van der Waals surface area contributed by atoms with Crippen LogP contribution in [-0.4, -0.2) is 25.8 Å². The third-order valence-electron chi connectivity index (χ3n) is 3.38. The van der Waals surface area contributed by atoms with Gasteiger partial charge in [0, 0.05) is 19.6 Å². The van der Waals surface area contributed by atoms with Crippen molar-refractivity contribution >= 4 is 15.9 Å². The fourth-order valence-electron chi connectivity index (χ4n) is 2.28. The van der Waals surface area contributed by atoms with E-state index in [4.69, 9.17) is 5.73 Å². The molecular formula is C13H21N3O2S. The summed E-state index contributed by atoms with van der Waals surface area (Å²) in [5.41, 5.74) is 7.01. The Morgan fingerprint density at radius 3 is 2.37 bits per heavy atom. The van der Waals surface area contributed by atoms with E-state index in [9.17, 15) is 8.42 Å². The zero-order valence-electron chi connectivity index (χ0n) is 11.0. The Morgan fingerprint density at radius 2 is 1.74 bits per heavy atom. The van der Waals surface area contributed by atoms with Crippen LogP contribution < -0.4 is 10.5 Å². The highest BCUT2D eigenvalue weighted by Crippen LogP contribution is 2.19. The van der Waals surface area contributed by atoms with Crippen molar-refractivity contribution in [3.8, 4) is 0 Å². The fourth-order valence-corrected chi connectivity index (χ4v) is 3.63. The highest BCUT2D eigenvalue weighted by Gasteiger charge is 2.23. The molecule has 2 rings (SSSR count). The first-order valence-corrected chi connectivity index (χ1v) is 8.13. The van der Waals surface area contributed by atoms with Gasteiger partial charge in [-0.2, -0.15) is 12.7 Å². The summed E-state index contributed by atoms with van der Waals surface area (Å²) in [6, 6.07) is 7.24. The molecule has 1 aromatic rings. The van der Waals surface area contributed by atoms with Crippen LogP contribution in [0.2, 0.25) is 0 Å². The van der Waals surface area contributed by atoms with Crippen molar-refractivity contribution in [2.45, 2.75) is 32.2 Å². The Labute approximate surface area is 115 Å². The minimum absolute atomic E-state index is 0.318. The number of nitrogens with one attached hydrogen (secondary N) is 1. The maximum absolute atomic E-state index is 12.3. The molecule has 1 aliphatic rings. The second kappa shape index (κ2) is 6.36. The van der Waals surface area contributed by atoms with Gasteiger partial charge in [0.05, 0.1) is 5.69 Å². The van der Waals surface area contributed by atoms with E-state index in [2.05, 4.69) is 4.72 Å². The Bertz CT molecular complexity index is 508. The highest BCUT2D eigenvalue weighted by atomic mass is 32.2. The van der Waals surface area contributed by atoms with Crippen molar-refractivity contribution in [2.75, 3.05) is 17.8 Å². The van der Waals surface area contributed by atoms with Crippen molar-refractivity contribution in [3.05, 3.63) is 29.8 Å². The van der Waals surface area contributed by atoms with Gasteiger partial charge in [0.1, 0.15) is 0 Å². The Morgan fingerprint density at radius 1 is 1.11 bits per heavy atom. The van der Waals surface area contributed by atoms with Gasteiger partial charge in [0.15, 0.2) is 0 Å². The van der Waals surface area contributed by atoms with Gasteiger partial charge < -0.3 is 5.73 Å².